The van der Waals surface area contributed by atoms with E-state index in [2.05, 4.69) is 38.3 Å². The van der Waals surface area contributed by atoms with E-state index in [-0.39, 0.29) is 30.0 Å². The highest BCUT2D eigenvalue weighted by atomic mass is 127. The summed E-state index contributed by atoms with van der Waals surface area (Å²) in [6.45, 7) is 13.0. The molecule has 0 radical (unpaired) electrons. The normalized spacial score (nSPS) is 28.8. The van der Waals surface area contributed by atoms with Gasteiger partial charge in [0.2, 0.25) is 0 Å². The standard InChI is InChI=1S/C20H34N6O.HI/c1-2-21-20(22-14-17-16-24-9-11-25(17)12-10-24)23-15-18(19-6-5-13-27-19)26-7-3-4-8-26;/h5-6,13,17-18H,2-4,7-12,14-16H2,1H3,(H2,21,22,23);1H. The van der Waals surface area contributed by atoms with Gasteiger partial charge in [-0.15, -0.1) is 24.0 Å². The number of guanidine groups is 1. The molecule has 158 valence electrons. The van der Waals surface area contributed by atoms with Crippen LogP contribution in [0, 0.1) is 0 Å². The van der Waals surface area contributed by atoms with Gasteiger partial charge in [0.05, 0.1) is 18.8 Å². The lowest BCUT2D eigenvalue weighted by Gasteiger charge is -2.47. The topological polar surface area (TPSA) is 59.3 Å². The molecule has 5 rings (SSSR count). The van der Waals surface area contributed by atoms with Gasteiger partial charge in [-0.2, -0.15) is 0 Å². The Morgan fingerprint density at radius 2 is 1.96 bits per heavy atom. The molecule has 4 saturated heterocycles. The summed E-state index contributed by atoms with van der Waals surface area (Å²) in [6.07, 6.45) is 4.31. The molecule has 0 saturated carbocycles. The number of fused-ring (bicyclic) bond motifs is 3. The minimum atomic E-state index is 0. The van der Waals surface area contributed by atoms with Gasteiger partial charge in [-0.25, -0.2) is 0 Å². The lowest BCUT2D eigenvalue weighted by atomic mass is 10.1. The SMILES string of the molecule is CCNC(=NCC(c1ccco1)N1CCCC1)NCC1CN2CCN1CC2.I. The van der Waals surface area contributed by atoms with Crippen molar-refractivity contribution >= 4 is 29.9 Å². The van der Waals surface area contributed by atoms with E-state index in [0.717, 1.165) is 44.4 Å². The van der Waals surface area contributed by atoms with Crippen molar-refractivity contribution in [1.82, 2.24) is 25.3 Å². The van der Waals surface area contributed by atoms with Gasteiger partial charge >= 0.3 is 0 Å². The second-order valence-electron chi connectivity index (χ2n) is 7.87. The first-order chi connectivity index (χ1) is 13.3. The first-order valence-corrected chi connectivity index (χ1v) is 10.6. The molecular weight excluding hydrogens is 467 g/mol. The van der Waals surface area contributed by atoms with Crippen LogP contribution in [-0.4, -0.2) is 92.1 Å². The lowest BCUT2D eigenvalue weighted by Crippen LogP contribution is -2.63. The number of piperazine rings is 3. The van der Waals surface area contributed by atoms with Crippen LogP contribution < -0.4 is 10.6 Å². The minimum absolute atomic E-state index is 0. The van der Waals surface area contributed by atoms with E-state index in [1.54, 1.807) is 6.26 Å². The molecular formula is C20H35IN6O. The predicted octanol–water partition coefficient (Wildman–Crippen LogP) is 1.59. The van der Waals surface area contributed by atoms with Crippen LogP contribution in [0.3, 0.4) is 0 Å². The van der Waals surface area contributed by atoms with Gasteiger partial charge in [-0.3, -0.25) is 19.7 Å². The van der Waals surface area contributed by atoms with Crippen LogP contribution in [0.4, 0.5) is 0 Å². The van der Waals surface area contributed by atoms with Crippen LogP contribution in [0.2, 0.25) is 0 Å². The van der Waals surface area contributed by atoms with Crippen molar-refractivity contribution < 1.29 is 4.42 Å². The van der Waals surface area contributed by atoms with E-state index < -0.39 is 0 Å². The van der Waals surface area contributed by atoms with E-state index in [9.17, 15) is 0 Å². The fraction of sp³-hybridized carbons (Fsp3) is 0.750. The lowest BCUT2D eigenvalue weighted by molar-refractivity contribution is 0.0154. The van der Waals surface area contributed by atoms with Gasteiger partial charge in [-0.1, -0.05) is 0 Å². The molecule has 4 aliphatic heterocycles. The van der Waals surface area contributed by atoms with E-state index in [0.29, 0.717) is 6.04 Å². The molecule has 2 atom stereocenters. The molecule has 4 fully saturated rings. The third kappa shape index (κ3) is 5.40. The van der Waals surface area contributed by atoms with Gasteiger partial charge in [0.1, 0.15) is 5.76 Å². The Bertz CT molecular complexity index is 596. The molecule has 1 aromatic rings. The van der Waals surface area contributed by atoms with Crippen molar-refractivity contribution in [2.24, 2.45) is 4.99 Å². The molecule has 28 heavy (non-hydrogen) atoms. The van der Waals surface area contributed by atoms with E-state index in [1.165, 1.54) is 45.6 Å². The maximum absolute atomic E-state index is 5.73. The second kappa shape index (κ2) is 10.8. The largest absolute Gasteiger partial charge is 0.468 e. The van der Waals surface area contributed by atoms with E-state index in [4.69, 9.17) is 9.41 Å². The zero-order chi connectivity index (χ0) is 18.5. The number of furan rings is 1. The third-order valence-electron chi connectivity index (χ3n) is 6.12. The highest BCUT2D eigenvalue weighted by molar-refractivity contribution is 14.0. The van der Waals surface area contributed by atoms with Crippen molar-refractivity contribution in [3.05, 3.63) is 24.2 Å². The van der Waals surface area contributed by atoms with E-state index >= 15 is 0 Å². The molecule has 2 N–H and O–H groups in total. The highest BCUT2D eigenvalue weighted by Gasteiger charge is 2.31. The number of rotatable bonds is 7. The minimum Gasteiger partial charge on any atom is -0.468 e. The summed E-state index contributed by atoms with van der Waals surface area (Å²) in [4.78, 5) is 12.6. The quantitative estimate of drug-likeness (QED) is 0.336. The Morgan fingerprint density at radius 1 is 1.18 bits per heavy atom. The molecule has 4 aliphatic rings. The van der Waals surface area contributed by atoms with Crippen LogP contribution >= 0.6 is 24.0 Å². The van der Waals surface area contributed by atoms with Crippen molar-refractivity contribution in [3.63, 3.8) is 0 Å². The summed E-state index contributed by atoms with van der Waals surface area (Å²) >= 11 is 0. The van der Waals surface area contributed by atoms with Crippen LogP contribution in [0.5, 0.6) is 0 Å². The number of aliphatic imine (C=N–C) groups is 1. The molecule has 0 aliphatic carbocycles. The summed E-state index contributed by atoms with van der Waals surface area (Å²) < 4.78 is 5.73. The fourth-order valence-corrected chi connectivity index (χ4v) is 4.57. The fourth-order valence-electron chi connectivity index (χ4n) is 4.57. The average molecular weight is 502 g/mol. The Hall–Kier alpha value is -0.840. The number of nitrogens with one attached hydrogen (secondary N) is 2. The molecule has 2 bridgehead atoms. The maximum Gasteiger partial charge on any atom is 0.191 e. The first-order valence-electron chi connectivity index (χ1n) is 10.6. The monoisotopic (exact) mass is 502 g/mol. The Kier molecular flexibility index (Phi) is 8.43. The van der Waals surface area contributed by atoms with Gasteiger partial charge < -0.3 is 15.1 Å². The summed E-state index contributed by atoms with van der Waals surface area (Å²) in [5.74, 6) is 1.95. The van der Waals surface area contributed by atoms with Gasteiger partial charge in [0.25, 0.3) is 0 Å². The molecule has 2 unspecified atom stereocenters. The zero-order valence-corrected chi connectivity index (χ0v) is 19.3. The van der Waals surface area contributed by atoms with Crippen molar-refractivity contribution in [1.29, 1.82) is 0 Å². The molecule has 7 nitrogen and oxygen atoms in total. The van der Waals surface area contributed by atoms with Crippen LogP contribution in [0.1, 0.15) is 31.6 Å². The summed E-state index contributed by atoms with van der Waals surface area (Å²) in [7, 11) is 0. The molecule has 1 aromatic heterocycles. The number of hydrogen-bond acceptors (Lipinski definition) is 5. The van der Waals surface area contributed by atoms with Gasteiger partial charge in [-0.05, 0) is 45.0 Å². The second-order valence-corrected chi connectivity index (χ2v) is 7.87. The van der Waals surface area contributed by atoms with Crippen LogP contribution in [0.15, 0.2) is 27.8 Å². The number of hydrogen-bond donors (Lipinski definition) is 2. The molecule has 0 aromatic carbocycles. The van der Waals surface area contributed by atoms with Gasteiger partial charge in [0, 0.05) is 51.9 Å². The Balaban J connectivity index is 0.00000225. The third-order valence-corrected chi connectivity index (χ3v) is 6.12. The summed E-state index contributed by atoms with van der Waals surface area (Å²) in [5, 5.41) is 7.00. The maximum atomic E-state index is 5.73. The number of likely N-dealkylation sites (tertiary alicyclic amines) is 1. The summed E-state index contributed by atoms with van der Waals surface area (Å²) in [5.41, 5.74) is 0. The first kappa shape index (κ1) is 21.9. The highest BCUT2D eigenvalue weighted by Crippen LogP contribution is 2.25. The number of halogens is 1. The average Bonchev–Trinajstić information content (AvgIpc) is 3.42. The molecule has 8 heteroatoms. The van der Waals surface area contributed by atoms with Crippen molar-refractivity contribution in [2.75, 3.05) is 65.4 Å². The summed E-state index contributed by atoms with van der Waals surface area (Å²) in [6, 6.07) is 4.89. The predicted molar refractivity (Wildman–Crippen MR) is 123 cm³/mol. The number of nitrogens with zero attached hydrogens (tertiary/aromatic N) is 4. The Morgan fingerprint density at radius 3 is 2.57 bits per heavy atom. The molecule has 5 heterocycles. The Labute approximate surface area is 185 Å². The smallest absolute Gasteiger partial charge is 0.191 e. The molecule has 0 spiro atoms. The van der Waals surface area contributed by atoms with Crippen LogP contribution in [0.25, 0.3) is 0 Å². The molecule has 0 amide bonds. The van der Waals surface area contributed by atoms with E-state index in [1.807, 2.05) is 6.07 Å². The van der Waals surface area contributed by atoms with Crippen molar-refractivity contribution in [2.45, 2.75) is 31.8 Å². The van der Waals surface area contributed by atoms with Crippen LogP contribution in [-0.2, 0) is 0 Å². The zero-order valence-electron chi connectivity index (χ0n) is 17.0. The van der Waals surface area contributed by atoms with Crippen molar-refractivity contribution in [3.8, 4) is 0 Å². The van der Waals surface area contributed by atoms with Gasteiger partial charge in [0.15, 0.2) is 5.96 Å².